The Hall–Kier alpha value is 1.38. The van der Waals surface area contributed by atoms with Gasteiger partial charge in [-0.2, -0.15) is 0 Å². The average molecular weight is 403 g/mol. The van der Waals surface area contributed by atoms with Crippen LogP contribution in [0.2, 0.25) is 0 Å². The molecule has 0 aliphatic carbocycles. The normalized spacial score (nSPS) is 6.00. The van der Waals surface area contributed by atoms with Crippen molar-refractivity contribution < 1.29 is 63.8 Å². The second-order valence-electron chi connectivity index (χ2n) is 1.00. The fourth-order valence-corrected chi connectivity index (χ4v) is 0.304. The summed E-state index contributed by atoms with van der Waals surface area (Å²) in [6, 6.07) is 13.0. The minimum absolute atomic E-state index is 0. The Morgan fingerprint density at radius 3 is 1.62 bits per heavy atom. The fraction of sp³-hybridized carbons (Fsp3) is 0. The van der Waals surface area contributed by atoms with Crippen LogP contribution in [0.3, 0.4) is 0 Å². The topological polar surface area (TPSA) is 0 Å². The summed E-state index contributed by atoms with van der Waals surface area (Å²) in [4.78, 5) is 0. The molecule has 8 heavy (non-hydrogen) atoms. The van der Waals surface area contributed by atoms with Crippen LogP contribution in [-0.4, -0.2) is 0 Å². The second kappa shape index (κ2) is 8.38. The minimum atomic E-state index is 0. The molecule has 0 atom stereocenters. The molecule has 0 aliphatic rings. The predicted molar refractivity (Wildman–Crippen MR) is 24.1 cm³/mol. The molecule has 0 bridgehead atoms. The van der Waals surface area contributed by atoms with Crippen LogP contribution >= 0.6 is 0 Å². The van der Waals surface area contributed by atoms with Crippen LogP contribution in [0, 0.1) is 43.2 Å². The summed E-state index contributed by atoms with van der Waals surface area (Å²) in [5.41, 5.74) is 0. The Balaban J connectivity index is 0. The first-order valence-electron chi connectivity index (χ1n) is 1.82. The molecule has 0 saturated heterocycles. The van der Waals surface area contributed by atoms with Gasteiger partial charge in [0.2, 0.25) is 0 Å². The van der Waals surface area contributed by atoms with E-state index in [1.807, 2.05) is 18.2 Å². The van der Waals surface area contributed by atoms with Gasteiger partial charge in [0.1, 0.15) is 0 Å². The summed E-state index contributed by atoms with van der Waals surface area (Å²) in [5.74, 6) is 0. The van der Waals surface area contributed by atoms with Gasteiger partial charge in [0.15, 0.2) is 0 Å². The maximum Gasteiger partial charge on any atom is 0 e. The smallest absolute Gasteiger partial charge is 0 e. The van der Waals surface area contributed by atoms with Crippen LogP contribution < -0.4 is 0 Å². The summed E-state index contributed by atoms with van der Waals surface area (Å²) in [7, 11) is 0. The predicted octanol–water partition coefficient (Wildman–Crippen LogP) is 1.28. The first-order valence-corrected chi connectivity index (χ1v) is 1.82. The van der Waals surface area contributed by atoms with Gasteiger partial charge in [-0.05, 0) is 0 Å². The van der Waals surface area contributed by atoms with E-state index in [1.54, 1.807) is 6.07 Å². The Morgan fingerprint density at radius 2 is 1.50 bits per heavy atom. The fourth-order valence-electron chi connectivity index (χ4n) is 0.304. The van der Waals surface area contributed by atoms with Crippen LogP contribution in [0.15, 0.2) is 24.3 Å². The van der Waals surface area contributed by atoms with Gasteiger partial charge in [0, 0.05) is 63.8 Å². The SMILES string of the molecule is [U].[Y].[c-]1c[c-]ccc1. The molecule has 0 N–H and O–H groups in total. The second-order valence-corrected chi connectivity index (χ2v) is 1.00. The van der Waals surface area contributed by atoms with Crippen molar-refractivity contribution in [2.24, 2.45) is 0 Å². The van der Waals surface area contributed by atoms with Crippen molar-refractivity contribution in [1.29, 1.82) is 0 Å². The number of benzene rings is 1. The molecule has 1 aromatic carbocycles. The van der Waals surface area contributed by atoms with Gasteiger partial charge in [-0.25, -0.2) is 0 Å². The van der Waals surface area contributed by atoms with E-state index in [4.69, 9.17) is 0 Å². The Labute approximate surface area is 98.7 Å². The Morgan fingerprint density at radius 1 is 1.00 bits per heavy atom. The zero-order chi connectivity index (χ0) is 4.24. The van der Waals surface area contributed by atoms with Gasteiger partial charge >= 0.3 is 0 Å². The molecule has 1 radical (unpaired) electrons. The van der Waals surface area contributed by atoms with E-state index in [2.05, 4.69) is 12.1 Å². The van der Waals surface area contributed by atoms with E-state index < -0.39 is 0 Å². The molecular formula is C6H4UY-2. The third kappa shape index (κ3) is 5.51. The van der Waals surface area contributed by atoms with E-state index in [1.165, 1.54) is 0 Å². The first-order chi connectivity index (χ1) is 3.00. The zero-order valence-electron chi connectivity index (χ0n) is 4.39. The first kappa shape index (κ1) is 12.1. The van der Waals surface area contributed by atoms with Crippen LogP contribution in [-0.2, 0) is 32.7 Å². The van der Waals surface area contributed by atoms with Gasteiger partial charge in [-0.1, -0.05) is 0 Å². The minimum Gasteiger partial charge on any atom is -0.359 e. The average Bonchev–Trinajstić information content (AvgIpc) is 1.72. The summed E-state index contributed by atoms with van der Waals surface area (Å²) in [6.07, 6.45) is 0. The molecule has 0 nitrogen and oxygen atoms in total. The van der Waals surface area contributed by atoms with E-state index in [-0.39, 0.29) is 63.8 Å². The van der Waals surface area contributed by atoms with Crippen molar-refractivity contribution in [2.45, 2.75) is 0 Å². The monoisotopic (exact) mass is 403 g/mol. The molecular weight excluding hydrogens is 399 g/mol. The van der Waals surface area contributed by atoms with E-state index in [0.29, 0.717) is 0 Å². The van der Waals surface area contributed by atoms with Crippen molar-refractivity contribution in [1.82, 2.24) is 0 Å². The molecule has 1 aromatic rings. The number of hydrogen-bond donors (Lipinski definition) is 0. The summed E-state index contributed by atoms with van der Waals surface area (Å²) < 4.78 is 0. The van der Waals surface area contributed by atoms with E-state index in [9.17, 15) is 0 Å². The van der Waals surface area contributed by atoms with Crippen molar-refractivity contribution in [3.63, 3.8) is 0 Å². The van der Waals surface area contributed by atoms with Gasteiger partial charge in [0.25, 0.3) is 0 Å². The summed E-state index contributed by atoms with van der Waals surface area (Å²) >= 11 is 0. The van der Waals surface area contributed by atoms with Gasteiger partial charge in [0.05, 0.1) is 0 Å². The molecule has 0 fully saturated rings. The third-order valence-corrected chi connectivity index (χ3v) is 0.552. The van der Waals surface area contributed by atoms with Crippen molar-refractivity contribution in [3.05, 3.63) is 36.4 Å². The van der Waals surface area contributed by atoms with E-state index in [0.717, 1.165) is 0 Å². The molecule has 0 amide bonds. The molecule has 0 aliphatic heterocycles. The zero-order valence-corrected chi connectivity index (χ0v) is 11.4. The quantitative estimate of drug-likeness (QED) is 0.573. The molecule has 0 aromatic heterocycles. The molecule has 37 valence electrons. The van der Waals surface area contributed by atoms with Crippen LogP contribution in [0.25, 0.3) is 0 Å². The van der Waals surface area contributed by atoms with Crippen molar-refractivity contribution in [3.8, 4) is 0 Å². The van der Waals surface area contributed by atoms with E-state index >= 15 is 0 Å². The third-order valence-electron chi connectivity index (χ3n) is 0.552. The molecule has 0 unspecified atom stereocenters. The maximum absolute atomic E-state index is 2.84. The maximum atomic E-state index is 2.84. The molecule has 2 heteroatoms. The molecule has 0 spiro atoms. The van der Waals surface area contributed by atoms with Crippen molar-refractivity contribution >= 4 is 0 Å². The Kier molecular flexibility index (Phi) is 12.7. The number of rotatable bonds is 0. The van der Waals surface area contributed by atoms with Gasteiger partial charge in [-0.15, -0.1) is 0 Å². The molecule has 0 saturated carbocycles. The largest absolute Gasteiger partial charge is 0.359 e. The molecule has 1 rings (SSSR count). The van der Waals surface area contributed by atoms with Gasteiger partial charge in [-0.3, -0.25) is 18.2 Å². The van der Waals surface area contributed by atoms with Crippen LogP contribution in [0.5, 0.6) is 0 Å². The standard InChI is InChI=1S/C6H4.U.Y/c1-2-4-6-5-3-1;;/h1-3,6H;;/q-2;;. The Bertz CT molecular complexity index is 80.5. The molecule has 0 heterocycles. The number of hydrogen-bond acceptors (Lipinski definition) is 0. The van der Waals surface area contributed by atoms with Crippen LogP contribution in [0.4, 0.5) is 0 Å². The summed E-state index contributed by atoms with van der Waals surface area (Å²) in [5, 5.41) is 0. The van der Waals surface area contributed by atoms with Crippen molar-refractivity contribution in [2.75, 3.05) is 0 Å². The van der Waals surface area contributed by atoms with Crippen LogP contribution in [0.1, 0.15) is 0 Å². The van der Waals surface area contributed by atoms with Gasteiger partial charge < -0.3 is 18.2 Å². The summed E-state index contributed by atoms with van der Waals surface area (Å²) in [6.45, 7) is 0.